The molecular weight excluding hydrogens is 184 g/mol. The maximum atomic E-state index is 11.7. The Morgan fingerprint density at radius 2 is 1.67 bits per heavy atom. The first-order chi connectivity index (χ1) is 5.58. The van der Waals surface area contributed by atoms with Gasteiger partial charge < -0.3 is 0 Å². The van der Waals surface area contributed by atoms with Gasteiger partial charge in [-0.3, -0.25) is 0 Å². The van der Waals surface area contributed by atoms with Crippen molar-refractivity contribution in [2.24, 2.45) is 0 Å². The molecule has 0 amide bonds. The Hall–Kier alpha value is -0.575. The Balaban J connectivity index is 2.44. The molecule has 0 N–H and O–H groups in total. The molecule has 5 heteroatoms. The van der Waals surface area contributed by atoms with Gasteiger partial charge >= 0.3 is 5.51 Å². The summed E-state index contributed by atoms with van der Waals surface area (Å²) in [7, 11) is 0. The number of benzene rings is 1. The van der Waals surface area contributed by atoms with Gasteiger partial charge in [-0.05, 0) is 0 Å². The van der Waals surface area contributed by atoms with E-state index in [-0.39, 0.29) is 11.6 Å². The van der Waals surface area contributed by atoms with E-state index in [0.717, 1.165) is 6.56 Å². The van der Waals surface area contributed by atoms with Crippen LogP contribution in [0.4, 0.5) is 13.2 Å². The molecular formula is C7H5BF3S. The van der Waals surface area contributed by atoms with E-state index in [4.69, 9.17) is 0 Å². The van der Waals surface area contributed by atoms with Crippen molar-refractivity contribution in [2.75, 3.05) is 0 Å². The molecule has 0 saturated carbocycles. The van der Waals surface area contributed by atoms with Gasteiger partial charge in [-0.1, -0.05) is 35.8 Å². The van der Waals surface area contributed by atoms with E-state index in [1.165, 1.54) is 0 Å². The topological polar surface area (TPSA) is 0 Å². The number of halogens is 3. The molecule has 1 radical (unpaired) electrons. The molecule has 1 aromatic carbocycles. The van der Waals surface area contributed by atoms with Gasteiger partial charge in [-0.2, -0.15) is 13.2 Å². The van der Waals surface area contributed by atoms with Crippen molar-refractivity contribution in [3.63, 3.8) is 0 Å². The number of hydrogen-bond acceptors (Lipinski definition) is 1. The maximum Gasteiger partial charge on any atom is 0.431 e. The van der Waals surface area contributed by atoms with Crippen LogP contribution in [0, 0.1) is 0 Å². The standard InChI is InChI=1S/C7H5BF3S/c9-7(10,11)12-8-6-4-2-1-3-5-6/h1-5H. The van der Waals surface area contributed by atoms with Crippen LogP contribution in [0.1, 0.15) is 0 Å². The lowest BCUT2D eigenvalue weighted by atomic mass is 9.95. The molecule has 0 aliphatic heterocycles. The molecule has 0 heterocycles. The third-order valence-corrected chi connectivity index (χ3v) is 1.79. The monoisotopic (exact) mass is 189 g/mol. The van der Waals surface area contributed by atoms with Crippen LogP contribution in [0.2, 0.25) is 0 Å². The number of rotatable bonds is 2. The zero-order valence-corrected chi connectivity index (χ0v) is 6.82. The highest BCUT2D eigenvalue weighted by Gasteiger charge is 2.27. The predicted octanol–water partition coefficient (Wildman–Crippen LogP) is 2.18. The second kappa shape index (κ2) is 3.89. The van der Waals surface area contributed by atoms with Gasteiger partial charge in [0.25, 0.3) is 0 Å². The summed E-state index contributed by atoms with van der Waals surface area (Å²) in [4.78, 5) is 0. The highest BCUT2D eigenvalue weighted by molar-refractivity contribution is 8.24. The zero-order chi connectivity index (χ0) is 9.03. The van der Waals surface area contributed by atoms with Gasteiger partial charge in [0, 0.05) is 0 Å². The minimum Gasteiger partial charge on any atom is -0.161 e. The number of alkyl halides is 3. The lowest BCUT2D eigenvalue weighted by molar-refractivity contribution is -0.0313. The van der Waals surface area contributed by atoms with E-state index in [2.05, 4.69) is 0 Å². The molecule has 0 atom stereocenters. The summed E-state index contributed by atoms with van der Waals surface area (Å²) in [5, 5.41) is 0. The summed E-state index contributed by atoms with van der Waals surface area (Å²) in [6.07, 6.45) is 0. The Morgan fingerprint density at radius 1 is 1.08 bits per heavy atom. The van der Waals surface area contributed by atoms with Gasteiger partial charge in [0.1, 0.15) is 0 Å². The molecule has 12 heavy (non-hydrogen) atoms. The smallest absolute Gasteiger partial charge is 0.161 e. The molecule has 0 aliphatic carbocycles. The van der Waals surface area contributed by atoms with E-state index in [1.807, 2.05) is 0 Å². The highest BCUT2D eigenvalue weighted by atomic mass is 32.2. The lowest BCUT2D eigenvalue weighted by Crippen LogP contribution is -2.15. The average molecular weight is 189 g/mol. The van der Waals surface area contributed by atoms with Crippen LogP contribution in [0.15, 0.2) is 30.3 Å². The fourth-order valence-corrected chi connectivity index (χ4v) is 1.09. The normalized spacial score (nSPS) is 11.2. The molecule has 0 bridgehead atoms. The van der Waals surface area contributed by atoms with Gasteiger partial charge in [0.05, 0.1) is 0 Å². The largest absolute Gasteiger partial charge is 0.431 e. The van der Waals surface area contributed by atoms with E-state index in [1.54, 1.807) is 30.3 Å². The van der Waals surface area contributed by atoms with Crippen LogP contribution in [0.3, 0.4) is 0 Å². The van der Waals surface area contributed by atoms with Crippen LogP contribution in [0.25, 0.3) is 0 Å². The number of hydrogen-bond donors (Lipinski definition) is 0. The van der Waals surface area contributed by atoms with E-state index in [0.29, 0.717) is 5.46 Å². The van der Waals surface area contributed by atoms with Crippen molar-refractivity contribution in [3.05, 3.63) is 30.3 Å². The predicted molar refractivity (Wildman–Crippen MR) is 45.5 cm³/mol. The summed E-state index contributed by atoms with van der Waals surface area (Å²) < 4.78 is 35.0. The van der Waals surface area contributed by atoms with E-state index < -0.39 is 5.51 Å². The summed E-state index contributed by atoms with van der Waals surface area (Å²) >= 11 is -0.138. The minimum absolute atomic E-state index is 0.138. The molecule has 1 rings (SSSR count). The third-order valence-electron chi connectivity index (χ3n) is 1.13. The third kappa shape index (κ3) is 3.71. The average Bonchev–Trinajstić information content (AvgIpc) is 2.02. The van der Waals surface area contributed by atoms with Crippen LogP contribution in [-0.2, 0) is 0 Å². The van der Waals surface area contributed by atoms with Crippen LogP contribution < -0.4 is 5.46 Å². The Labute approximate surface area is 73.3 Å². The first-order valence-corrected chi connectivity index (χ1v) is 4.09. The molecule has 0 nitrogen and oxygen atoms in total. The fourth-order valence-electron chi connectivity index (χ4n) is 0.666. The molecule has 0 spiro atoms. The Morgan fingerprint density at radius 3 is 2.17 bits per heavy atom. The van der Waals surface area contributed by atoms with Crippen molar-refractivity contribution in [3.8, 4) is 0 Å². The molecule has 0 aromatic heterocycles. The molecule has 0 fully saturated rings. The van der Waals surface area contributed by atoms with E-state index >= 15 is 0 Å². The van der Waals surface area contributed by atoms with Crippen LogP contribution in [-0.4, -0.2) is 12.1 Å². The van der Waals surface area contributed by atoms with Gasteiger partial charge in [-0.15, -0.1) is 11.6 Å². The van der Waals surface area contributed by atoms with Gasteiger partial charge in [0.2, 0.25) is 6.56 Å². The Bertz CT molecular complexity index is 234. The van der Waals surface area contributed by atoms with E-state index in [9.17, 15) is 13.2 Å². The maximum absolute atomic E-state index is 11.7. The lowest BCUT2D eigenvalue weighted by Gasteiger charge is -2.03. The summed E-state index contributed by atoms with van der Waals surface area (Å²) in [5.74, 6) is 0. The van der Waals surface area contributed by atoms with Crippen molar-refractivity contribution in [2.45, 2.75) is 5.51 Å². The summed E-state index contributed by atoms with van der Waals surface area (Å²) in [6, 6.07) is 8.40. The molecule has 0 saturated heterocycles. The van der Waals surface area contributed by atoms with Crippen molar-refractivity contribution in [1.29, 1.82) is 0 Å². The van der Waals surface area contributed by atoms with Crippen molar-refractivity contribution < 1.29 is 13.2 Å². The molecule has 0 unspecified atom stereocenters. The molecule has 0 aliphatic rings. The van der Waals surface area contributed by atoms with Crippen molar-refractivity contribution in [1.82, 2.24) is 0 Å². The molecule has 1 aromatic rings. The summed E-state index contributed by atoms with van der Waals surface area (Å²) in [5.41, 5.74) is -3.62. The first-order valence-electron chi connectivity index (χ1n) is 3.21. The van der Waals surface area contributed by atoms with Gasteiger partial charge in [-0.25, -0.2) is 0 Å². The SMILES string of the molecule is FC(F)(F)S[B]c1ccccc1. The highest BCUT2D eigenvalue weighted by Crippen LogP contribution is 2.28. The fraction of sp³-hybridized carbons (Fsp3) is 0.143. The van der Waals surface area contributed by atoms with Crippen LogP contribution >= 0.6 is 11.6 Å². The molecule has 63 valence electrons. The summed E-state index contributed by atoms with van der Waals surface area (Å²) in [6.45, 7) is 1.08. The van der Waals surface area contributed by atoms with Gasteiger partial charge in [0.15, 0.2) is 0 Å². The Kier molecular flexibility index (Phi) is 3.09. The second-order valence-corrected chi connectivity index (χ2v) is 3.03. The van der Waals surface area contributed by atoms with Crippen molar-refractivity contribution >= 4 is 23.6 Å². The quantitative estimate of drug-likeness (QED) is 0.642. The minimum atomic E-state index is -4.18. The second-order valence-electron chi connectivity index (χ2n) is 2.09. The zero-order valence-electron chi connectivity index (χ0n) is 6.01. The van der Waals surface area contributed by atoms with Crippen LogP contribution in [0.5, 0.6) is 0 Å². The first kappa shape index (κ1) is 9.51.